The molecule has 0 saturated carbocycles. The van der Waals surface area contributed by atoms with E-state index in [4.69, 9.17) is 8.83 Å². The van der Waals surface area contributed by atoms with Crippen LogP contribution in [0.4, 0.5) is 17.1 Å². The van der Waals surface area contributed by atoms with Gasteiger partial charge >= 0.3 is 0 Å². The second kappa shape index (κ2) is 12.6. The zero-order valence-corrected chi connectivity index (χ0v) is 29.8. The van der Waals surface area contributed by atoms with Crippen LogP contribution >= 0.6 is 0 Å². The van der Waals surface area contributed by atoms with Crippen LogP contribution in [0.25, 0.3) is 88.0 Å². The number of hydrogen-bond acceptors (Lipinski definition) is 3. The van der Waals surface area contributed by atoms with Gasteiger partial charge < -0.3 is 13.7 Å². The maximum atomic E-state index is 6.44. The Balaban J connectivity index is 1.09. The summed E-state index contributed by atoms with van der Waals surface area (Å²) in [5.74, 6) is 0. The lowest BCUT2D eigenvalue weighted by molar-refractivity contribution is 0.668. The Hall–Kier alpha value is -7.36. The van der Waals surface area contributed by atoms with E-state index in [2.05, 4.69) is 181 Å². The first-order valence-electron chi connectivity index (χ1n) is 18.7. The van der Waals surface area contributed by atoms with Gasteiger partial charge in [-0.15, -0.1) is 0 Å². The summed E-state index contributed by atoms with van der Waals surface area (Å²) in [7, 11) is 0. The third-order valence-corrected chi connectivity index (χ3v) is 10.9. The van der Waals surface area contributed by atoms with Crippen molar-refractivity contribution in [3.05, 3.63) is 200 Å². The van der Waals surface area contributed by atoms with Crippen LogP contribution in [0.5, 0.6) is 0 Å². The van der Waals surface area contributed by atoms with E-state index in [1.54, 1.807) is 0 Å². The van der Waals surface area contributed by atoms with Gasteiger partial charge in [0.15, 0.2) is 0 Å². The normalized spacial score (nSPS) is 11.6. The summed E-state index contributed by atoms with van der Waals surface area (Å²) in [6.07, 6.45) is 0. The molecule has 11 aromatic rings. The van der Waals surface area contributed by atoms with E-state index < -0.39 is 0 Å². The van der Waals surface area contributed by atoms with Crippen molar-refractivity contribution in [3.63, 3.8) is 0 Å². The topological polar surface area (TPSA) is 29.5 Å². The Morgan fingerprint density at radius 1 is 0.309 bits per heavy atom. The summed E-state index contributed by atoms with van der Waals surface area (Å²) in [4.78, 5) is 2.39. The Morgan fingerprint density at radius 3 is 1.78 bits per heavy atom. The van der Waals surface area contributed by atoms with Crippen LogP contribution in [0.1, 0.15) is 0 Å². The molecule has 11 rings (SSSR count). The van der Waals surface area contributed by atoms with Gasteiger partial charge in [0.25, 0.3) is 0 Å². The number of anilines is 3. The predicted octanol–water partition coefficient (Wildman–Crippen LogP) is 15.1. The number of para-hydroxylation sites is 3. The smallest absolute Gasteiger partial charge is 0.137 e. The lowest BCUT2D eigenvalue weighted by Crippen LogP contribution is -2.11. The molecule has 0 aliphatic carbocycles. The quantitative estimate of drug-likeness (QED) is 0.173. The number of nitrogens with zero attached hydrogens (tertiary/aromatic N) is 1. The average Bonchev–Trinajstić information content (AvgIpc) is 3.83. The largest absolute Gasteiger partial charge is 0.456 e. The van der Waals surface area contributed by atoms with Gasteiger partial charge in [0.2, 0.25) is 0 Å². The summed E-state index contributed by atoms with van der Waals surface area (Å²) >= 11 is 0. The highest BCUT2D eigenvalue weighted by atomic mass is 16.3. The second-order valence-electron chi connectivity index (χ2n) is 14.1. The molecule has 0 spiro atoms. The molecule has 9 aromatic carbocycles. The zero-order valence-electron chi connectivity index (χ0n) is 29.8. The molecule has 0 aliphatic rings. The summed E-state index contributed by atoms with van der Waals surface area (Å²) in [5.41, 5.74) is 13.6. The van der Waals surface area contributed by atoms with E-state index in [0.717, 1.165) is 83.2 Å². The fourth-order valence-electron chi connectivity index (χ4n) is 8.30. The number of fused-ring (bicyclic) bond motifs is 7. The van der Waals surface area contributed by atoms with Crippen molar-refractivity contribution in [2.75, 3.05) is 4.90 Å². The van der Waals surface area contributed by atoms with Crippen molar-refractivity contribution in [1.29, 1.82) is 0 Å². The Labute approximate surface area is 317 Å². The minimum atomic E-state index is 0.854. The van der Waals surface area contributed by atoms with E-state index in [1.165, 1.54) is 21.9 Å². The Morgan fingerprint density at radius 2 is 0.891 bits per heavy atom. The molecule has 0 bridgehead atoms. The first-order chi connectivity index (χ1) is 27.3. The van der Waals surface area contributed by atoms with Crippen LogP contribution in [0, 0.1) is 0 Å². The molecule has 0 atom stereocenters. The minimum Gasteiger partial charge on any atom is -0.456 e. The van der Waals surface area contributed by atoms with Gasteiger partial charge in [0.1, 0.15) is 22.3 Å². The molecule has 2 aromatic heterocycles. The Bertz CT molecular complexity index is 3220. The van der Waals surface area contributed by atoms with Crippen LogP contribution in [-0.4, -0.2) is 0 Å². The molecule has 0 saturated heterocycles. The van der Waals surface area contributed by atoms with E-state index in [1.807, 2.05) is 24.3 Å². The number of benzene rings is 9. The van der Waals surface area contributed by atoms with Crippen molar-refractivity contribution in [2.45, 2.75) is 0 Å². The SMILES string of the molecule is c1cc(-c2ccc(-c3cccc4ccccc34)cc2)cc(N(c2ccccc2-c2ccc3oc4ccccc4c3c2)c2cccc3oc4ccccc4c23)c1. The molecule has 0 amide bonds. The lowest BCUT2D eigenvalue weighted by Gasteiger charge is -2.29. The zero-order chi connectivity index (χ0) is 36.3. The maximum absolute atomic E-state index is 6.44. The van der Waals surface area contributed by atoms with E-state index >= 15 is 0 Å². The van der Waals surface area contributed by atoms with Crippen LogP contribution in [0.15, 0.2) is 209 Å². The summed E-state index contributed by atoms with van der Waals surface area (Å²) in [5, 5.41) is 6.88. The third kappa shape index (κ3) is 5.20. The first kappa shape index (κ1) is 31.2. The highest BCUT2D eigenvalue weighted by Gasteiger charge is 2.22. The van der Waals surface area contributed by atoms with Gasteiger partial charge in [-0.3, -0.25) is 0 Å². The van der Waals surface area contributed by atoms with Crippen molar-refractivity contribution in [3.8, 4) is 33.4 Å². The van der Waals surface area contributed by atoms with Gasteiger partial charge in [0, 0.05) is 27.4 Å². The minimum absolute atomic E-state index is 0.854. The molecule has 0 aliphatic heterocycles. The number of rotatable bonds is 6. The molecule has 55 heavy (non-hydrogen) atoms. The maximum Gasteiger partial charge on any atom is 0.137 e. The standard InChI is InChI=1S/C52H33NO2/c1-2-16-40-35(12-1)13-10-20-41(40)36-28-26-34(27-29-36)37-14-9-15-39(32-37)53(47-22-11-25-51-52(47)44-19-5-8-24-49(44)55-51)46-21-6-3-17-42(46)38-30-31-50-45(33-38)43-18-4-7-23-48(43)54-50/h1-33H. The molecule has 258 valence electrons. The van der Waals surface area contributed by atoms with Crippen molar-refractivity contribution in [2.24, 2.45) is 0 Å². The van der Waals surface area contributed by atoms with Crippen LogP contribution in [-0.2, 0) is 0 Å². The van der Waals surface area contributed by atoms with Crippen molar-refractivity contribution in [1.82, 2.24) is 0 Å². The van der Waals surface area contributed by atoms with Gasteiger partial charge in [0.05, 0.1) is 16.8 Å². The monoisotopic (exact) mass is 703 g/mol. The number of hydrogen-bond donors (Lipinski definition) is 0. The fourth-order valence-corrected chi connectivity index (χ4v) is 8.30. The molecule has 0 fully saturated rings. The van der Waals surface area contributed by atoms with Crippen molar-refractivity contribution < 1.29 is 8.83 Å². The highest BCUT2D eigenvalue weighted by Crippen LogP contribution is 2.47. The highest BCUT2D eigenvalue weighted by molar-refractivity contribution is 6.14. The molecular weight excluding hydrogens is 671 g/mol. The second-order valence-corrected chi connectivity index (χ2v) is 14.1. The molecule has 0 N–H and O–H groups in total. The van der Waals surface area contributed by atoms with Gasteiger partial charge in [-0.1, -0.05) is 146 Å². The van der Waals surface area contributed by atoms with Gasteiger partial charge in [-0.25, -0.2) is 0 Å². The Kier molecular flexibility index (Phi) is 7.17. The summed E-state index contributed by atoms with van der Waals surface area (Å²) < 4.78 is 12.7. The van der Waals surface area contributed by atoms with Gasteiger partial charge in [-0.2, -0.15) is 0 Å². The van der Waals surface area contributed by atoms with Gasteiger partial charge in [-0.05, 0) is 93.2 Å². The van der Waals surface area contributed by atoms with Crippen molar-refractivity contribution >= 4 is 71.7 Å². The third-order valence-electron chi connectivity index (χ3n) is 10.9. The molecule has 0 unspecified atom stereocenters. The first-order valence-corrected chi connectivity index (χ1v) is 18.7. The summed E-state index contributed by atoms with van der Waals surface area (Å²) in [6.45, 7) is 0. The summed E-state index contributed by atoms with van der Waals surface area (Å²) in [6, 6.07) is 71.1. The van der Waals surface area contributed by atoms with E-state index in [-0.39, 0.29) is 0 Å². The predicted molar refractivity (Wildman–Crippen MR) is 229 cm³/mol. The molecule has 2 heterocycles. The molecular formula is C52H33NO2. The van der Waals surface area contributed by atoms with Crippen LogP contribution in [0.2, 0.25) is 0 Å². The fraction of sp³-hybridized carbons (Fsp3) is 0. The van der Waals surface area contributed by atoms with E-state index in [9.17, 15) is 0 Å². The number of furan rings is 2. The van der Waals surface area contributed by atoms with Crippen LogP contribution < -0.4 is 4.90 Å². The van der Waals surface area contributed by atoms with Crippen LogP contribution in [0.3, 0.4) is 0 Å². The molecule has 3 nitrogen and oxygen atoms in total. The molecule has 0 radical (unpaired) electrons. The lowest BCUT2D eigenvalue weighted by atomic mass is 9.96. The van der Waals surface area contributed by atoms with E-state index in [0.29, 0.717) is 0 Å². The molecule has 3 heteroatoms. The average molecular weight is 704 g/mol.